The lowest BCUT2D eigenvalue weighted by molar-refractivity contribution is 0.191. The van der Waals surface area contributed by atoms with Gasteiger partial charge in [-0.05, 0) is 22.6 Å². The van der Waals surface area contributed by atoms with E-state index in [1.165, 1.54) is 11.8 Å². The number of nitrogens with zero attached hydrogens (tertiary/aromatic N) is 2. The van der Waals surface area contributed by atoms with E-state index in [0.717, 1.165) is 5.56 Å². The first-order valence-corrected chi connectivity index (χ1v) is 7.50. The molecule has 0 aliphatic heterocycles. The molecule has 23 heavy (non-hydrogen) atoms. The number of rotatable bonds is 4. The van der Waals surface area contributed by atoms with Crippen LogP contribution >= 0.6 is 0 Å². The van der Waals surface area contributed by atoms with Crippen LogP contribution in [-0.4, -0.2) is 16.6 Å². The molecule has 0 aliphatic carbocycles. The van der Waals surface area contributed by atoms with Gasteiger partial charge in [0, 0.05) is 12.7 Å². The van der Waals surface area contributed by atoms with Crippen molar-refractivity contribution in [3.05, 3.63) is 53.2 Å². The summed E-state index contributed by atoms with van der Waals surface area (Å²) in [4.78, 5) is 3.88. The molecule has 0 saturated heterocycles. The second kappa shape index (κ2) is 6.67. The van der Waals surface area contributed by atoms with Crippen LogP contribution in [0.4, 0.5) is 11.5 Å². The van der Waals surface area contributed by atoms with Crippen LogP contribution in [0.15, 0.2) is 36.5 Å². The number of benzene rings is 1. The van der Waals surface area contributed by atoms with Gasteiger partial charge in [0.1, 0.15) is 17.5 Å². The Kier molecular flexibility index (Phi) is 4.87. The van der Waals surface area contributed by atoms with Crippen molar-refractivity contribution in [1.29, 1.82) is 5.26 Å². The fraction of sp³-hybridized carbons (Fsp3) is 0.333. The Hall–Kier alpha value is -2.58. The molecule has 1 unspecified atom stereocenters. The number of aliphatic hydroxyl groups is 1. The van der Waals surface area contributed by atoms with Crippen molar-refractivity contribution >= 4 is 11.5 Å². The van der Waals surface area contributed by atoms with Crippen molar-refractivity contribution in [2.45, 2.75) is 32.3 Å². The summed E-state index contributed by atoms with van der Waals surface area (Å²) in [6.45, 7) is 6.73. The van der Waals surface area contributed by atoms with Gasteiger partial charge < -0.3 is 16.2 Å². The molecule has 0 aliphatic rings. The van der Waals surface area contributed by atoms with E-state index in [-0.39, 0.29) is 17.8 Å². The fourth-order valence-corrected chi connectivity index (χ4v) is 2.27. The van der Waals surface area contributed by atoms with Gasteiger partial charge in [-0.1, -0.05) is 45.0 Å². The minimum Gasteiger partial charge on any atom is -0.387 e. The molecule has 5 heteroatoms. The highest BCUT2D eigenvalue weighted by atomic mass is 16.3. The number of aliphatic hydroxyl groups excluding tert-OH is 1. The van der Waals surface area contributed by atoms with Crippen molar-refractivity contribution in [1.82, 2.24) is 4.98 Å². The first-order valence-electron chi connectivity index (χ1n) is 7.50. The summed E-state index contributed by atoms with van der Waals surface area (Å²) in [6, 6.07) is 11.6. The van der Waals surface area contributed by atoms with E-state index in [0.29, 0.717) is 11.3 Å². The number of nitriles is 1. The van der Waals surface area contributed by atoms with Crippen molar-refractivity contribution in [2.75, 3.05) is 17.6 Å². The van der Waals surface area contributed by atoms with E-state index in [1.54, 1.807) is 6.07 Å². The maximum absolute atomic E-state index is 10.3. The molecule has 0 amide bonds. The highest BCUT2D eigenvalue weighted by molar-refractivity contribution is 5.66. The third-order valence-electron chi connectivity index (χ3n) is 3.74. The lowest BCUT2D eigenvalue weighted by Gasteiger charge is -2.20. The molecular formula is C18H22N4O. The Morgan fingerprint density at radius 1 is 1.26 bits per heavy atom. The number of aromatic nitrogens is 1. The van der Waals surface area contributed by atoms with Gasteiger partial charge in [0.2, 0.25) is 0 Å². The van der Waals surface area contributed by atoms with E-state index in [1.807, 2.05) is 30.3 Å². The fourth-order valence-electron chi connectivity index (χ4n) is 2.27. The van der Waals surface area contributed by atoms with Crippen LogP contribution in [-0.2, 0) is 5.41 Å². The van der Waals surface area contributed by atoms with E-state index in [4.69, 9.17) is 11.0 Å². The molecule has 1 aromatic carbocycles. The topological polar surface area (TPSA) is 95.0 Å². The Bertz CT molecular complexity index is 711. The Morgan fingerprint density at radius 3 is 2.48 bits per heavy atom. The predicted molar refractivity (Wildman–Crippen MR) is 92.0 cm³/mol. The largest absolute Gasteiger partial charge is 0.387 e. The van der Waals surface area contributed by atoms with Crippen LogP contribution in [0.5, 0.6) is 0 Å². The van der Waals surface area contributed by atoms with Crippen LogP contribution in [0.1, 0.15) is 43.6 Å². The number of nitrogens with one attached hydrogen (secondary N) is 1. The molecule has 5 nitrogen and oxygen atoms in total. The smallest absolute Gasteiger partial charge is 0.143 e. The standard InChI is InChI=1S/C18H22N4O/c1-18(2,3)13-6-4-12(5-7-13)16(23)11-22-15-8-9-21-17(20)14(15)10-19/h4-9,16,23H,11H2,1-3H3,(H3,20,21,22). The molecule has 1 heterocycles. The summed E-state index contributed by atoms with van der Waals surface area (Å²) in [5, 5.41) is 22.5. The Labute approximate surface area is 136 Å². The molecule has 1 atom stereocenters. The molecule has 2 rings (SSSR count). The third-order valence-corrected chi connectivity index (χ3v) is 3.74. The van der Waals surface area contributed by atoms with Crippen LogP contribution in [0.3, 0.4) is 0 Å². The van der Waals surface area contributed by atoms with Crippen molar-refractivity contribution < 1.29 is 5.11 Å². The van der Waals surface area contributed by atoms with Crippen LogP contribution < -0.4 is 11.1 Å². The van der Waals surface area contributed by atoms with Gasteiger partial charge in [0.15, 0.2) is 0 Å². The van der Waals surface area contributed by atoms with Gasteiger partial charge in [0.25, 0.3) is 0 Å². The van der Waals surface area contributed by atoms with E-state index < -0.39 is 6.10 Å². The number of hydrogen-bond donors (Lipinski definition) is 3. The maximum Gasteiger partial charge on any atom is 0.143 e. The van der Waals surface area contributed by atoms with E-state index in [2.05, 4.69) is 31.1 Å². The Morgan fingerprint density at radius 2 is 1.91 bits per heavy atom. The van der Waals surface area contributed by atoms with Gasteiger partial charge in [-0.2, -0.15) is 5.26 Å². The van der Waals surface area contributed by atoms with Gasteiger partial charge in [-0.15, -0.1) is 0 Å². The zero-order valence-corrected chi connectivity index (χ0v) is 13.7. The molecule has 120 valence electrons. The lowest BCUT2D eigenvalue weighted by atomic mass is 9.86. The molecule has 0 radical (unpaired) electrons. The molecule has 0 fully saturated rings. The highest BCUT2D eigenvalue weighted by Crippen LogP contribution is 2.25. The maximum atomic E-state index is 10.3. The van der Waals surface area contributed by atoms with Crippen LogP contribution in [0, 0.1) is 11.3 Å². The predicted octanol–water partition coefficient (Wildman–Crippen LogP) is 2.98. The molecule has 1 aromatic heterocycles. The summed E-state index contributed by atoms with van der Waals surface area (Å²) < 4.78 is 0. The SMILES string of the molecule is CC(C)(C)c1ccc(C(O)CNc2ccnc(N)c2C#N)cc1. The average molecular weight is 310 g/mol. The normalized spacial score (nSPS) is 12.5. The average Bonchev–Trinajstić information content (AvgIpc) is 2.52. The third kappa shape index (κ3) is 3.99. The number of anilines is 2. The lowest BCUT2D eigenvalue weighted by Crippen LogP contribution is -2.15. The summed E-state index contributed by atoms with van der Waals surface area (Å²) >= 11 is 0. The Balaban J connectivity index is 2.07. The number of hydrogen-bond acceptors (Lipinski definition) is 5. The molecule has 2 aromatic rings. The van der Waals surface area contributed by atoms with Gasteiger partial charge in [-0.25, -0.2) is 4.98 Å². The summed E-state index contributed by atoms with van der Waals surface area (Å²) in [7, 11) is 0. The highest BCUT2D eigenvalue weighted by Gasteiger charge is 2.15. The van der Waals surface area contributed by atoms with Gasteiger partial charge >= 0.3 is 0 Å². The van der Waals surface area contributed by atoms with E-state index in [9.17, 15) is 5.11 Å². The van der Waals surface area contributed by atoms with Crippen LogP contribution in [0.2, 0.25) is 0 Å². The van der Waals surface area contributed by atoms with Crippen molar-refractivity contribution in [3.8, 4) is 6.07 Å². The number of pyridine rings is 1. The summed E-state index contributed by atoms with van der Waals surface area (Å²) in [5.41, 5.74) is 8.66. The molecule has 4 N–H and O–H groups in total. The number of nitrogens with two attached hydrogens (primary N) is 1. The minimum absolute atomic E-state index is 0.0813. The van der Waals surface area contributed by atoms with Gasteiger partial charge in [0.05, 0.1) is 11.8 Å². The molecular weight excluding hydrogens is 288 g/mol. The minimum atomic E-state index is -0.676. The second-order valence-electron chi connectivity index (χ2n) is 6.50. The molecule has 0 bridgehead atoms. The van der Waals surface area contributed by atoms with Crippen molar-refractivity contribution in [2.24, 2.45) is 0 Å². The summed E-state index contributed by atoms with van der Waals surface area (Å²) in [6.07, 6.45) is 0.855. The zero-order chi connectivity index (χ0) is 17.0. The summed E-state index contributed by atoms with van der Waals surface area (Å²) in [5.74, 6) is 0.182. The quantitative estimate of drug-likeness (QED) is 0.807. The number of nitrogen functional groups attached to an aromatic ring is 1. The van der Waals surface area contributed by atoms with E-state index >= 15 is 0 Å². The van der Waals surface area contributed by atoms with Crippen molar-refractivity contribution in [3.63, 3.8) is 0 Å². The van der Waals surface area contributed by atoms with Gasteiger partial charge in [-0.3, -0.25) is 0 Å². The second-order valence-corrected chi connectivity index (χ2v) is 6.50. The first-order chi connectivity index (χ1) is 10.8. The first kappa shape index (κ1) is 16.8. The molecule has 0 saturated carbocycles. The molecule has 0 spiro atoms. The zero-order valence-electron chi connectivity index (χ0n) is 13.7. The monoisotopic (exact) mass is 310 g/mol. The van der Waals surface area contributed by atoms with Crippen LogP contribution in [0.25, 0.3) is 0 Å².